The number of rotatable bonds is 0. The summed E-state index contributed by atoms with van der Waals surface area (Å²) in [6, 6.07) is 7.33. The average Bonchev–Trinajstić information content (AvgIpc) is 2.38. The van der Waals surface area contributed by atoms with Gasteiger partial charge in [0.05, 0.1) is 17.0 Å². The lowest BCUT2D eigenvalue weighted by atomic mass is 9.85. The first-order valence-electron chi connectivity index (χ1n) is 4.42. The van der Waals surface area contributed by atoms with Gasteiger partial charge >= 0.3 is 0 Å². The molecular weight excluding hydrogens is 176 g/mol. The van der Waals surface area contributed by atoms with E-state index in [9.17, 15) is 4.79 Å². The Morgan fingerprint density at radius 1 is 1.43 bits per heavy atom. The molecule has 0 spiro atoms. The molecule has 0 radical (unpaired) electrons. The van der Waals surface area contributed by atoms with Crippen molar-refractivity contribution < 1.29 is 4.79 Å². The summed E-state index contributed by atoms with van der Waals surface area (Å²) in [6.07, 6.45) is 0. The van der Waals surface area contributed by atoms with Crippen LogP contribution in [0.4, 0.5) is 5.69 Å². The summed E-state index contributed by atoms with van der Waals surface area (Å²) in [5.74, 6) is -0.0115. The number of carbonyl (C=O) groups is 1. The van der Waals surface area contributed by atoms with Crippen molar-refractivity contribution in [2.45, 2.75) is 19.3 Å². The number of benzene rings is 1. The summed E-state index contributed by atoms with van der Waals surface area (Å²) >= 11 is 0. The maximum atomic E-state index is 11.6. The van der Waals surface area contributed by atoms with Crippen molar-refractivity contribution in [3.05, 3.63) is 29.3 Å². The number of hydrogen-bond donors (Lipinski definition) is 1. The predicted octanol–water partition coefficient (Wildman–Crippen LogP) is 1.79. The van der Waals surface area contributed by atoms with Crippen LogP contribution >= 0.6 is 0 Å². The highest BCUT2D eigenvalue weighted by Crippen LogP contribution is 2.37. The minimum Gasteiger partial charge on any atom is -0.325 e. The van der Waals surface area contributed by atoms with E-state index in [4.69, 9.17) is 5.26 Å². The first-order valence-corrected chi connectivity index (χ1v) is 4.42. The van der Waals surface area contributed by atoms with Crippen molar-refractivity contribution in [2.24, 2.45) is 0 Å². The number of nitrogens with one attached hydrogen (secondary N) is 1. The van der Waals surface area contributed by atoms with Crippen molar-refractivity contribution in [1.82, 2.24) is 0 Å². The van der Waals surface area contributed by atoms with Crippen LogP contribution < -0.4 is 5.32 Å². The number of nitrogens with zero attached hydrogens (tertiary/aromatic N) is 1. The highest BCUT2D eigenvalue weighted by Gasteiger charge is 2.38. The molecule has 1 aliphatic rings. The first-order chi connectivity index (χ1) is 6.55. The fourth-order valence-electron chi connectivity index (χ4n) is 1.64. The Hall–Kier alpha value is -1.82. The smallest absolute Gasteiger partial charge is 0.234 e. The monoisotopic (exact) mass is 186 g/mol. The van der Waals surface area contributed by atoms with Crippen LogP contribution in [0.25, 0.3) is 0 Å². The van der Waals surface area contributed by atoms with Crippen molar-refractivity contribution in [3.8, 4) is 6.07 Å². The second kappa shape index (κ2) is 2.58. The van der Waals surface area contributed by atoms with E-state index in [1.165, 1.54) is 0 Å². The quantitative estimate of drug-likeness (QED) is 0.671. The maximum Gasteiger partial charge on any atom is 0.234 e. The van der Waals surface area contributed by atoms with E-state index in [-0.39, 0.29) is 5.91 Å². The molecule has 1 amide bonds. The van der Waals surface area contributed by atoms with E-state index < -0.39 is 5.41 Å². The molecule has 3 heteroatoms. The molecule has 1 heterocycles. The summed E-state index contributed by atoms with van der Waals surface area (Å²) in [5, 5.41) is 11.5. The van der Waals surface area contributed by atoms with Crippen LogP contribution in [0.2, 0.25) is 0 Å². The van der Waals surface area contributed by atoms with E-state index in [1.54, 1.807) is 18.2 Å². The molecule has 2 rings (SSSR count). The zero-order valence-corrected chi connectivity index (χ0v) is 8.09. The van der Waals surface area contributed by atoms with E-state index in [0.29, 0.717) is 5.56 Å². The molecule has 0 bridgehead atoms. The SMILES string of the molecule is CC1(C)C(=O)Nc2ccc(C#N)cc21. The fourth-order valence-corrected chi connectivity index (χ4v) is 1.64. The summed E-state index contributed by atoms with van der Waals surface area (Å²) in [4.78, 5) is 11.6. The third-order valence-corrected chi connectivity index (χ3v) is 2.64. The molecule has 0 fully saturated rings. The van der Waals surface area contributed by atoms with Crippen LogP contribution in [0.1, 0.15) is 25.0 Å². The van der Waals surface area contributed by atoms with Gasteiger partial charge in [-0.2, -0.15) is 5.26 Å². The van der Waals surface area contributed by atoms with Gasteiger partial charge in [0.1, 0.15) is 0 Å². The summed E-state index contributed by atoms with van der Waals surface area (Å²) < 4.78 is 0. The van der Waals surface area contributed by atoms with Crippen LogP contribution in [0.5, 0.6) is 0 Å². The molecular formula is C11H10N2O. The Balaban J connectivity index is 2.64. The number of fused-ring (bicyclic) bond motifs is 1. The van der Waals surface area contributed by atoms with Gasteiger partial charge in [0, 0.05) is 5.69 Å². The standard InChI is InChI=1S/C11H10N2O/c1-11(2)8-5-7(6-12)3-4-9(8)13-10(11)14/h3-5H,1-2H3,(H,13,14). The number of nitriles is 1. The largest absolute Gasteiger partial charge is 0.325 e. The Morgan fingerprint density at radius 3 is 2.79 bits per heavy atom. The molecule has 0 aliphatic carbocycles. The van der Waals surface area contributed by atoms with Gasteiger partial charge in [0.15, 0.2) is 0 Å². The Bertz CT molecular complexity index is 455. The van der Waals surface area contributed by atoms with Crippen molar-refractivity contribution in [2.75, 3.05) is 5.32 Å². The van der Waals surface area contributed by atoms with Gasteiger partial charge in [-0.3, -0.25) is 4.79 Å². The van der Waals surface area contributed by atoms with Gasteiger partial charge in [0.2, 0.25) is 5.91 Å². The predicted molar refractivity (Wildman–Crippen MR) is 52.8 cm³/mol. The summed E-state index contributed by atoms with van der Waals surface area (Å²) in [7, 11) is 0. The zero-order valence-electron chi connectivity index (χ0n) is 8.09. The normalized spacial score (nSPS) is 17.1. The third kappa shape index (κ3) is 1.01. The first kappa shape index (κ1) is 8.76. The molecule has 1 aromatic carbocycles. The van der Waals surface area contributed by atoms with Crippen molar-refractivity contribution in [3.63, 3.8) is 0 Å². The molecule has 14 heavy (non-hydrogen) atoms. The second-order valence-corrected chi connectivity index (χ2v) is 3.95. The van der Waals surface area contributed by atoms with Gasteiger partial charge in [-0.25, -0.2) is 0 Å². The van der Waals surface area contributed by atoms with E-state index >= 15 is 0 Å². The Morgan fingerprint density at radius 2 is 2.14 bits per heavy atom. The second-order valence-electron chi connectivity index (χ2n) is 3.95. The fraction of sp³-hybridized carbons (Fsp3) is 0.273. The molecule has 0 saturated carbocycles. The van der Waals surface area contributed by atoms with Crippen LogP contribution in [-0.2, 0) is 10.2 Å². The Kier molecular flexibility index (Phi) is 1.62. The van der Waals surface area contributed by atoms with Crippen molar-refractivity contribution >= 4 is 11.6 Å². The van der Waals surface area contributed by atoms with Gasteiger partial charge in [0.25, 0.3) is 0 Å². The summed E-state index contributed by atoms with van der Waals surface area (Å²) in [5.41, 5.74) is 1.79. The highest BCUT2D eigenvalue weighted by atomic mass is 16.2. The average molecular weight is 186 g/mol. The minimum atomic E-state index is -0.526. The van der Waals surface area contributed by atoms with Crippen LogP contribution in [0, 0.1) is 11.3 Å². The molecule has 1 aliphatic heterocycles. The molecule has 0 unspecified atom stereocenters. The van der Waals surface area contributed by atoms with Gasteiger partial charge in [-0.1, -0.05) is 0 Å². The molecule has 1 N–H and O–H groups in total. The van der Waals surface area contributed by atoms with E-state index in [2.05, 4.69) is 11.4 Å². The zero-order chi connectivity index (χ0) is 10.3. The molecule has 0 atom stereocenters. The molecule has 0 saturated heterocycles. The number of hydrogen-bond acceptors (Lipinski definition) is 2. The molecule has 0 aromatic heterocycles. The van der Waals surface area contributed by atoms with Gasteiger partial charge < -0.3 is 5.32 Å². The van der Waals surface area contributed by atoms with Gasteiger partial charge in [-0.15, -0.1) is 0 Å². The minimum absolute atomic E-state index is 0.0115. The number of carbonyl (C=O) groups excluding carboxylic acids is 1. The lowest BCUT2D eigenvalue weighted by Crippen LogP contribution is -2.26. The van der Waals surface area contributed by atoms with Crippen molar-refractivity contribution in [1.29, 1.82) is 5.26 Å². The lowest BCUT2D eigenvalue weighted by molar-refractivity contribution is -0.119. The van der Waals surface area contributed by atoms with Crippen LogP contribution in [-0.4, -0.2) is 5.91 Å². The topological polar surface area (TPSA) is 52.9 Å². The number of amides is 1. The molecule has 3 nitrogen and oxygen atoms in total. The highest BCUT2D eigenvalue weighted by molar-refractivity contribution is 6.05. The van der Waals surface area contributed by atoms with Gasteiger partial charge in [-0.05, 0) is 37.6 Å². The lowest BCUT2D eigenvalue weighted by Gasteiger charge is -2.14. The maximum absolute atomic E-state index is 11.6. The summed E-state index contributed by atoms with van der Waals surface area (Å²) in [6.45, 7) is 3.71. The van der Waals surface area contributed by atoms with Crippen LogP contribution in [0.3, 0.4) is 0 Å². The molecule has 1 aromatic rings. The van der Waals surface area contributed by atoms with Crippen LogP contribution in [0.15, 0.2) is 18.2 Å². The van der Waals surface area contributed by atoms with E-state index in [0.717, 1.165) is 11.3 Å². The Labute approximate surface area is 82.4 Å². The third-order valence-electron chi connectivity index (χ3n) is 2.64. The number of anilines is 1. The molecule has 70 valence electrons. The van der Waals surface area contributed by atoms with E-state index in [1.807, 2.05) is 13.8 Å².